The van der Waals surface area contributed by atoms with Gasteiger partial charge in [-0.15, -0.1) is 0 Å². The van der Waals surface area contributed by atoms with Gasteiger partial charge in [0.2, 0.25) is 0 Å². The number of rotatable bonds is 8. The third-order valence-corrected chi connectivity index (χ3v) is 8.49. The van der Waals surface area contributed by atoms with E-state index in [0.717, 1.165) is 17.0 Å². The number of hydrogen-bond acceptors (Lipinski definition) is 6. The molecule has 0 bridgehead atoms. The van der Waals surface area contributed by atoms with Crippen LogP contribution in [0.3, 0.4) is 0 Å². The first kappa shape index (κ1) is 29.9. The maximum atomic E-state index is 14.1. The van der Waals surface area contributed by atoms with Gasteiger partial charge in [-0.2, -0.15) is 0 Å². The Labute approximate surface area is 252 Å². The molecule has 5 rings (SSSR count). The van der Waals surface area contributed by atoms with Crippen LogP contribution in [0.5, 0.6) is 11.5 Å². The molecule has 0 unspecified atom stereocenters. The van der Waals surface area contributed by atoms with Gasteiger partial charge in [0.25, 0.3) is 0 Å². The summed E-state index contributed by atoms with van der Waals surface area (Å²) in [4.78, 5) is 41.7. The van der Waals surface area contributed by atoms with E-state index < -0.39 is 18.5 Å². The van der Waals surface area contributed by atoms with Crippen molar-refractivity contribution in [1.29, 1.82) is 0 Å². The number of halogens is 1. The zero-order valence-electron chi connectivity index (χ0n) is 24.9. The molecule has 0 radical (unpaired) electrons. The number of Topliss-reactive ketones (excluding diaryl/α,β-unsaturated/α-hetero) is 2. The SMILES string of the molecule is CCOc1cc(C2C3=C(CC(C)(C)CC3=O)N(Cc3ccccc3)C3=C2C(=O)CC(C)(C)C3)cc(Cl)c1OCC(=O)O. The highest BCUT2D eigenvalue weighted by Crippen LogP contribution is 2.55. The van der Waals surface area contributed by atoms with Crippen LogP contribution in [-0.4, -0.2) is 40.8 Å². The molecule has 0 atom stereocenters. The average Bonchev–Trinajstić information content (AvgIpc) is 2.88. The van der Waals surface area contributed by atoms with Crippen molar-refractivity contribution in [3.63, 3.8) is 0 Å². The fraction of sp³-hybridized carbons (Fsp3) is 0.441. The van der Waals surface area contributed by atoms with E-state index in [0.29, 0.717) is 55.5 Å². The van der Waals surface area contributed by atoms with E-state index in [2.05, 4.69) is 44.7 Å². The number of benzene rings is 2. The van der Waals surface area contributed by atoms with Crippen molar-refractivity contribution in [3.8, 4) is 11.5 Å². The number of carbonyl (C=O) groups is 3. The second kappa shape index (κ2) is 11.3. The van der Waals surface area contributed by atoms with Crippen LogP contribution in [0.4, 0.5) is 0 Å². The predicted octanol–water partition coefficient (Wildman–Crippen LogP) is 7.09. The molecule has 0 saturated carbocycles. The molecule has 0 spiro atoms. The van der Waals surface area contributed by atoms with Crippen LogP contribution in [0.25, 0.3) is 0 Å². The van der Waals surface area contributed by atoms with E-state index in [1.54, 1.807) is 12.1 Å². The van der Waals surface area contributed by atoms with E-state index in [1.165, 1.54) is 0 Å². The number of ketones is 2. The highest BCUT2D eigenvalue weighted by Gasteiger charge is 2.49. The minimum atomic E-state index is -1.14. The van der Waals surface area contributed by atoms with E-state index in [1.807, 2.05) is 25.1 Å². The molecular weight excluding hydrogens is 554 g/mol. The van der Waals surface area contributed by atoms with Gasteiger partial charge in [-0.25, -0.2) is 4.79 Å². The Morgan fingerprint density at radius 1 is 0.929 bits per heavy atom. The maximum absolute atomic E-state index is 14.1. The van der Waals surface area contributed by atoms with Crippen LogP contribution in [0, 0.1) is 10.8 Å². The summed E-state index contributed by atoms with van der Waals surface area (Å²) in [5, 5.41) is 9.34. The normalized spacial score (nSPS) is 19.9. The van der Waals surface area contributed by atoms with Crippen molar-refractivity contribution in [2.75, 3.05) is 13.2 Å². The number of carboxylic acids is 1. The number of allylic oxidation sites excluding steroid dienone is 4. The largest absolute Gasteiger partial charge is 0.490 e. The highest BCUT2D eigenvalue weighted by molar-refractivity contribution is 6.32. The fourth-order valence-electron chi connectivity index (χ4n) is 6.63. The zero-order chi connectivity index (χ0) is 30.4. The van der Waals surface area contributed by atoms with Gasteiger partial charge in [-0.05, 0) is 53.9 Å². The first-order chi connectivity index (χ1) is 19.8. The Balaban J connectivity index is 1.75. The average molecular weight is 592 g/mol. The van der Waals surface area contributed by atoms with Crippen molar-refractivity contribution < 1.29 is 29.0 Å². The first-order valence-corrected chi connectivity index (χ1v) is 14.8. The van der Waals surface area contributed by atoms with Crippen LogP contribution in [0.2, 0.25) is 5.02 Å². The Morgan fingerprint density at radius 2 is 1.50 bits per heavy atom. The second-order valence-electron chi connectivity index (χ2n) is 13.1. The Bertz CT molecular complexity index is 1450. The van der Waals surface area contributed by atoms with Crippen LogP contribution in [0.15, 0.2) is 65.0 Å². The summed E-state index contributed by atoms with van der Waals surface area (Å²) in [7, 11) is 0. The summed E-state index contributed by atoms with van der Waals surface area (Å²) < 4.78 is 11.4. The highest BCUT2D eigenvalue weighted by atomic mass is 35.5. The summed E-state index contributed by atoms with van der Waals surface area (Å²) in [6, 6.07) is 13.6. The van der Waals surface area contributed by atoms with Gasteiger partial charge in [0.1, 0.15) is 0 Å². The molecule has 1 N–H and O–H groups in total. The number of aliphatic carboxylic acids is 1. The summed E-state index contributed by atoms with van der Waals surface area (Å²) in [6.45, 7) is 10.5. The number of carbonyl (C=O) groups excluding carboxylic acids is 2. The van der Waals surface area contributed by atoms with E-state index in [-0.39, 0.29) is 38.9 Å². The van der Waals surface area contributed by atoms with Crippen molar-refractivity contribution in [3.05, 3.63) is 81.2 Å². The molecule has 0 aromatic heterocycles. The molecule has 0 saturated heterocycles. The van der Waals surface area contributed by atoms with E-state index in [4.69, 9.17) is 21.1 Å². The lowest BCUT2D eigenvalue weighted by Crippen LogP contribution is -2.44. The molecule has 0 fully saturated rings. The van der Waals surface area contributed by atoms with Crippen LogP contribution < -0.4 is 9.47 Å². The molecule has 3 aliphatic rings. The minimum absolute atomic E-state index is 0.0220. The molecule has 0 amide bonds. The quantitative estimate of drug-likeness (QED) is 0.350. The first-order valence-electron chi connectivity index (χ1n) is 14.4. The zero-order valence-corrected chi connectivity index (χ0v) is 25.6. The third kappa shape index (κ3) is 5.84. The lowest BCUT2D eigenvalue weighted by atomic mass is 9.63. The standard InChI is InChI=1S/C34H38ClNO6/c1-6-41-27-13-21(12-22(35)32(27)42-19-28(39)40)29-30-23(14-33(2,3)16-25(30)37)36(18-20-10-8-7-9-11-20)24-15-34(4,5)17-26(38)31(24)29/h7-13,29H,6,14-19H2,1-5H3,(H,39,40). The van der Waals surface area contributed by atoms with Gasteiger partial charge in [0, 0.05) is 47.8 Å². The number of hydrogen-bond donors (Lipinski definition) is 1. The van der Waals surface area contributed by atoms with Crippen molar-refractivity contribution in [2.45, 2.75) is 72.8 Å². The smallest absolute Gasteiger partial charge is 0.341 e. The second-order valence-corrected chi connectivity index (χ2v) is 13.5. The van der Waals surface area contributed by atoms with E-state index in [9.17, 15) is 19.5 Å². The monoisotopic (exact) mass is 591 g/mol. The Morgan fingerprint density at radius 3 is 2.02 bits per heavy atom. The maximum Gasteiger partial charge on any atom is 0.341 e. The molecule has 2 aromatic rings. The van der Waals surface area contributed by atoms with Crippen molar-refractivity contribution >= 4 is 29.1 Å². The van der Waals surface area contributed by atoms with Crippen molar-refractivity contribution in [2.24, 2.45) is 10.8 Å². The van der Waals surface area contributed by atoms with Crippen LogP contribution >= 0.6 is 11.6 Å². The minimum Gasteiger partial charge on any atom is -0.490 e. The summed E-state index contributed by atoms with van der Waals surface area (Å²) in [5.74, 6) is -1.30. The van der Waals surface area contributed by atoms with Crippen LogP contribution in [0.1, 0.15) is 77.3 Å². The van der Waals surface area contributed by atoms with Crippen LogP contribution in [-0.2, 0) is 20.9 Å². The Hall–Kier alpha value is -3.58. The summed E-state index contributed by atoms with van der Waals surface area (Å²) >= 11 is 6.71. The lowest BCUT2D eigenvalue weighted by molar-refractivity contribution is -0.139. The fourth-order valence-corrected chi connectivity index (χ4v) is 6.90. The van der Waals surface area contributed by atoms with Crippen molar-refractivity contribution in [1.82, 2.24) is 4.90 Å². The van der Waals surface area contributed by atoms with Gasteiger partial charge in [-0.1, -0.05) is 69.6 Å². The molecule has 1 aliphatic heterocycles. The third-order valence-electron chi connectivity index (χ3n) is 8.21. The molecule has 2 aromatic carbocycles. The number of nitrogens with zero attached hydrogens (tertiary/aromatic N) is 1. The summed E-state index contributed by atoms with van der Waals surface area (Å²) in [5.41, 5.74) is 4.44. The van der Waals surface area contributed by atoms with Gasteiger partial charge in [0.05, 0.1) is 11.6 Å². The molecule has 1 heterocycles. The molecule has 42 heavy (non-hydrogen) atoms. The van der Waals surface area contributed by atoms with Gasteiger partial charge >= 0.3 is 5.97 Å². The van der Waals surface area contributed by atoms with E-state index >= 15 is 0 Å². The lowest BCUT2D eigenvalue weighted by Gasteiger charge is -2.49. The Kier molecular flexibility index (Phi) is 8.01. The molecule has 2 aliphatic carbocycles. The topological polar surface area (TPSA) is 93.1 Å². The van der Waals surface area contributed by atoms with Gasteiger partial charge in [0.15, 0.2) is 29.7 Å². The molecule has 7 nitrogen and oxygen atoms in total. The number of carboxylic acid groups (broad SMARTS) is 1. The molecule has 8 heteroatoms. The van der Waals surface area contributed by atoms with Gasteiger partial charge in [-0.3, -0.25) is 9.59 Å². The molecular formula is C34H38ClNO6. The summed E-state index contributed by atoms with van der Waals surface area (Å²) in [6.07, 6.45) is 2.12. The number of ether oxygens (including phenoxy) is 2. The molecule has 222 valence electrons. The van der Waals surface area contributed by atoms with Gasteiger partial charge < -0.3 is 19.5 Å². The predicted molar refractivity (Wildman–Crippen MR) is 161 cm³/mol.